The highest BCUT2D eigenvalue weighted by Crippen LogP contribution is 2.31. The van der Waals surface area contributed by atoms with Gasteiger partial charge in [0, 0.05) is 18.0 Å². The Kier molecular flexibility index (Phi) is 6.14. The number of hydrogen-bond acceptors (Lipinski definition) is 5. The van der Waals surface area contributed by atoms with Crippen LogP contribution >= 0.6 is 35.3 Å². The summed E-state index contributed by atoms with van der Waals surface area (Å²) in [7, 11) is 0. The molecular formula is C14H16Cl2N4OS. The zero-order valence-electron chi connectivity index (χ0n) is 11.7. The molecule has 0 spiro atoms. The Morgan fingerprint density at radius 2 is 2.23 bits per heavy atom. The number of nitrogens with one attached hydrogen (secondary N) is 2. The van der Waals surface area contributed by atoms with Gasteiger partial charge in [-0.25, -0.2) is 0 Å². The van der Waals surface area contributed by atoms with E-state index in [9.17, 15) is 4.79 Å². The van der Waals surface area contributed by atoms with Gasteiger partial charge in [-0.3, -0.25) is 4.79 Å². The molecule has 0 radical (unpaired) electrons. The standard InChI is InChI=1S/C14H15ClN4OS.ClH/c15-11-6-2-1-5-10(11)13-18-19-14(21-13)17-12(20)8-9-4-3-7-16-9;/h1-2,5-6,9,16H,3-4,7-8H2,(H,17,19,20);1H. The molecule has 1 aromatic carbocycles. The van der Waals surface area contributed by atoms with E-state index in [2.05, 4.69) is 20.8 Å². The molecule has 118 valence electrons. The third-order valence-corrected chi connectivity index (χ3v) is 4.57. The lowest BCUT2D eigenvalue weighted by molar-refractivity contribution is -0.116. The largest absolute Gasteiger partial charge is 0.313 e. The van der Waals surface area contributed by atoms with Gasteiger partial charge in [0.1, 0.15) is 0 Å². The number of carbonyl (C=O) groups excluding carboxylic acids is 1. The summed E-state index contributed by atoms with van der Waals surface area (Å²) < 4.78 is 0. The molecule has 5 nitrogen and oxygen atoms in total. The van der Waals surface area contributed by atoms with Crippen molar-refractivity contribution in [3.05, 3.63) is 29.3 Å². The molecule has 1 aromatic heterocycles. The Morgan fingerprint density at radius 1 is 1.41 bits per heavy atom. The number of anilines is 1. The molecule has 1 aliphatic heterocycles. The first-order valence-corrected chi connectivity index (χ1v) is 8.03. The maximum atomic E-state index is 11.9. The molecule has 2 heterocycles. The van der Waals surface area contributed by atoms with Crippen LogP contribution in [0, 0.1) is 0 Å². The molecule has 1 aliphatic rings. The van der Waals surface area contributed by atoms with E-state index in [1.807, 2.05) is 24.3 Å². The molecular weight excluding hydrogens is 343 g/mol. The summed E-state index contributed by atoms with van der Waals surface area (Å²) in [5, 5.41) is 16.0. The van der Waals surface area contributed by atoms with Gasteiger partial charge in [-0.05, 0) is 25.5 Å². The Balaban J connectivity index is 0.00000176. The monoisotopic (exact) mass is 358 g/mol. The topological polar surface area (TPSA) is 66.9 Å². The molecule has 2 N–H and O–H groups in total. The van der Waals surface area contributed by atoms with Gasteiger partial charge in [-0.15, -0.1) is 22.6 Å². The van der Waals surface area contributed by atoms with E-state index < -0.39 is 0 Å². The van der Waals surface area contributed by atoms with E-state index in [4.69, 9.17) is 11.6 Å². The van der Waals surface area contributed by atoms with Crippen molar-refractivity contribution in [1.82, 2.24) is 15.5 Å². The van der Waals surface area contributed by atoms with Gasteiger partial charge < -0.3 is 10.6 Å². The van der Waals surface area contributed by atoms with Crippen molar-refractivity contribution in [3.8, 4) is 10.6 Å². The second-order valence-electron chi connectivity index (χ2n) is 4.94. The summed E-state index contributed by atoms with van der Waals surface area (Å²) in [5.74, 6) is -0.0312. The molecule has 0 aliphatic carbocycles. The number of hydrogen-bond donors (Lipinski definition) is 2. The van der Waals surface area contributed by atoms with E-state index in [1.165, 1.54) is 11.3 Å². The van der Waals surface area contributed by atoms with Crippen LogP contribution in [0.15, 0.2) is 24.3 Å². The van der Waals surface area contributed by atoms with Gasteiger partial charge in [0.15, 0.2) is 5.01 Å². The third kappa shape index (κ3) is 4.16. The van der Waals surface area contributed by atoms with Crippen molar-refractivity contribution in [2.75, 3.05) is 11.9 Å². The Morgan fingerprint density at radius 3 is 2.95 bits per heavy atom. The van der Waals surface area contributed by atoms with E-state index in [0.29, 0.717) is 21.6 Å². The van der Waals surface area contributed by atoms with Crippen LogP contribution in [-0.4, -0.2) is 28.7 Å². The van der Waals surface area contributed by atoms with E-state index >= 15 is 0 Å². The lowest BCUT2D eigenvalue weighted by Gasteiger charge is -2.08. The fourth-order valence-corrected chi connectivity index (χ4v) is 3.42. The molecule has 0 bridgehead atoms. The normalized spacial score (nSPS) is 17.0. The van der Waals surface area contributed by atoms with Gasteiger partial charge in [0.2, 0.25) is 11.0 Å². The Hall–Kier alpha value is -1.21. The lowest BCUT2D eigenvalue weighted by Crippen LogP contribution is -2.27. The fraction of sp³-hybridized carbons (Fsp3) is 0.357. The van der Waals surface area contributed by atoms with Gasteiger partial charge >= 0.3 is 0 Å². The number of benzene rings is 1. The second-order valence-corrected chi connectivity index (χ2v) is 6.32. The first-order chi connectivity index (χ1) is 10.2. The van der Waals surface area contributed by atoms with E-state index in [1.54, 1.807) is 0 Å². The minimum Gasteiger partial charge on any atom is -0.313 e. The maximum absolute atomic E-state index is 11.9. The van der Waals surface area contributed by atoms with Crippen molar-refractivity contribution in [2.45, 2.75) is 25.3 Å². The summed E-state index contributed by atoms with van der Waals surface area (Å²) in [6.45, 7) is 0.993. The minimum absolute atomic E-state index is 0. The quantitative estimate of drug-likeness (QED) is 0.879. The summed E-state index contributed by atoms with van der Waals surface area (Å²) in [6.07, 6.45) is 2.66. The zero-order valence-corrected chi connectivity index (χ0v) is 14.1. The summed E-state index contributed by atoms with van der Waals surface area (Å²) in [4.78, 5) is 11.9. The summed E-state index contributed by atoms with van der Waals surface area (Å²) in [6, 6.07) is 7.73. The fourth-order valence-electron chi connectivity index (χ4n) is 2.34. The average Bonchev–Trinajstić information content (AvgIpc) is 3.11. The maximum Gasteiger partial charge on any atom is 0.227 e. The number of nitrogens with zero attached hydrogens (tertiary/aromatic N) is 2. The second kappa shape index (κ2) is 7.87. The predicted molar refractivity (Wildman–Crippen MR) is 91.9 cm³/mol. The highest BCUT2D eigenvalue weighted by atomic mass is 35.5. The highest BCUT2D eigenvalue weighted by molar-refractivity contribution is 7.18. The molecule has 2 aromatic rings. The van der Waals surface area contributed by atoms with Crippen LogP contribution in [0.2, 0.25) is 5.02 Å². The molecule has 1 atom stereocenters. The first kappa shape index (κ1) is 17.1. The van der Waals surface area contributed by atoms with Crippen LogP contribution in [0.5, 0.6) is 0 Å². The van der Waals surface area contributed by atoms with Crippen LogP contribution in [0.1, 0.15) is 19.3 Å². The highest BCUT2D eigenvalue weighted by Gasteiger charge is 2.18. The van der Waals surface area contributed by atoms with Gasteiger partial charge in [0.25, 0.3) is 0 Å². The van der Waals surface area contributed by atoms with Crippen molar-refractivity contribution in [1.29, 1.82) is 0 Å². The van der Waals surface area contributed by atoms with Crippen molar-refractivity contribution in [2.24, 2.45) is 0 Å². The lowest BCUT2D eigenvalue weighted by atomic mass is 10.1. The number of carbonyl (C=O) groups is 1. The molecule has 1 amide bonds. The van der Waals surface area contributed by atoms with Crippen LogP contribution < -0.4 is 10.6 Å². The van der Waals surface area contributed by atoms with Crippen molar-refractivity contribution >= 4 is 46.4 Å². The number of rotatable bonds is 4. The molecule has 22 heavy (non-hydrogen) atoms. The Labute approximate surface area is 143 Å². The molecule has 1 fully saturated rings. The molecule has 8 heteroatoms. The smallest absolute Gasteiger partial charge is 0.227 e. The van der Waals surface area contributed by atoms with Crippen LogP contribution in [0.3, 0.4) is 0 Å². The van der Waals surface area contributed by atoms with Crippen molar-refractivity contribution < 1.29 is 4.79 Å². The summed E-state index contributed by atoms with van der Waals surface area (Å²) >= 11 is 7.46. The zero-order chi connectivity index (χ0) is 14.7. The molecule has 0 saturated carbocycles. The van der Waals surface area contributed by atoms with Gasteiger partial charge in [0.05, 0.1) is 5.02 Å². The SMILES string of the molecule is Cl.O=C(CC1CCCN1)Nc1nnc(-c2ccccc2Cl)s1. The number of aromatic nitrogens is 2. The molecule has 1 saturated heterocycles. The van der Waals surface area contributed by atoms with Crippen molar-refractivity contribution in [3.63, 3.8) is 0 Å². The third-order valence-electron chi connectivity index (χ3n) is 3.37. The average molecular weight is 359 g/mol. The van der Waals surface area contributed by atoms with Gasteiger partial charge in [-0.1, -0.05) is 41.1 Å². The van der Waals surface area contributed by atoms with Crippen LogP contribution in [-0.2, 0) is 4.79 Å². The van der Waals surface area contributed by atoms with E-state index in [-0.39, 0.29) is 24.4 Å². The van der Waals surface area contributed by atoms with Gasteiger partial charge in [-0.2, -0.15) is 0 Å². The molecule has 3 rings (SSSR count). The first-order valence-electron chi connectivity index (χ1n) is 6.84. The van der Waals surface area contributed by atoms with Crippen LogP contribution in [0.4, 0.5) is 5.13 Å². The van der Waals surface area contributed by atoms with Crippen LogP contribution in [0.25, 0.3) is 10.6 Å². The predicted octanol–water partition coefficient (Wildman–Crippen LogP) is 3.36. The number of amides is 1. The number of halogens is 2. The Bertz CT molecular complexity index is 643. The molecule has 1 unspecified atom stereocenters. The van der Waals surface area contributed by atoms with E-state index in [0.717, 1.165) is 24.9 Å². The summed E-state index contributed by atoms with van der Waals surface area (Å²) in [5.41, 5.74) is 0.828. The minimum atomic E-state index is -0.0312.